The molecule has 1 aliphatic heterocycles. The molecule has 0 bridgehead atoms. The second-order valence-corrected chi connectivity index (χ2v) is 6.90. The average Bonchev–Trinajstić information content (AvgIpc) is 3.30. The van der Waals surface area contributed by atoms with Crippen LogP contribution in [0.5, 0.6) is 0 Å². The summed E-state index contributed by atoms with van der Waals surface area (Å²) in [4.78, 5) is 22.1. The van der Waals surface area contributed by atoms with Crippen LogP contribution in [0.15, 0.2) is 65.3 Å². The normalized spacial score (nSPS) is 14.4. The molecule has 5 rings (SSSR count). The summed E-state index contributed by atoms with van der Waals surface area (Å²) in [6, 6.07) is 17.8. The largest absolute Gasteiger partial charge is 0.361 e. The van der Waals surface area contributed by atoms with E-state index >= 15 is 0 Å². The number of amides is 1. The fourth-order valence-electron chi connectivity index (χ4n) is 3.45. The van der Waals surface area contributed by atoms with Crippen LogP contribution in [0, 0.1) is 0 Å². The predicted octanol–water partition coefficient (Wildman–Crippen LogP) is 3.38. The summed E-state index contributed by atoms with van der Waals surface area (Å²) in [5, 5.41) is 5.12. The van der Waals surface area contributed by atoms with E-state index in [0.29, 0.717) is 36.8 Å². The first-order valence-electron chi connectivity index (χ1n) is 8.99. The zero-order valence-corrected chi connectivity index (χ0v) is 14.6. The van der Waals surface area contributed by atoms with Crippen molar-refractivity contribution in [1.82, 2.24) is 20.0 Å². The maximum Gasteiger partial charge on any atom is 0.253 e. The Hall–Kier alpha value is -3.41. The fraction of sp³-hybridized carbons (Fsp3) is 0.190. The van der Waals surface area contributed by atoms with Gasteiger partial charge in [-0.15, -0.1) is 0 Å². The molecule has 0 spiro atoms. The van der Waals surface area contributed by atoms with Gasteiger partial charge in [0.15, 0.2) is 5.82 Å². The van der Waals surface area contributed by atoms with Gasteiger partial charge >= 0.3 is 0 Å². The lowest BCUT2D eigenvalue weighted by atomic mass is 9.98. The molecule has 0 atom stereocenters. The highest BCUT2D eigenvalue weighted by Gasteiger charge is 2.36. The van der Waals surface area contributed by atoms with Gasteiger partial charge in [0.25, 0.3) is 5.91 Å². The molecule has 4 aromatic rings. The molecule has 0 unspecified atom stereocenters. The molecule has 6 nitrogen and oxygen atoms in total. The summed E-state index contributed by atoms with van der Waals surface area (Å²) < 4.78 is 5.42. The molecule has 1 aliphatic rings. The van der Waals surface area contributed by atoms with Crippen molar-refractivity contribution in [2.24, 2.45) is 0 Å². The number of nitrogens with zero attached hydrogens (tertiary/aromatic N) is 3. The van der Waals surface area contributed by atoms with Crippen molar-refractivity contribution in [3.8, 4) is 0 Å². The highest BCUT2D eigenvalue weighted by Crippen LogP contribution is 2.28. The first-order chi connectivity index (χ1) is 13.3. The van der Waals surface area contributed by atoms with E-state index in [2.05, 4.69) is 15.1 Å². The van der Waals surface area contributed by atoms with Crippen LogP contribution >= 0.6 is 0 Å². The van der Waals surface area contributed by atoms with E-state index in [9.17, 15) is 4.79 Å². The molecule has 0 saturated carbocycles. The number of hydrogen-bond donors (Lipinski definition) is 1. The summed E-state index contributed by atoms with van der Waals surface area (Å²) in [7, 11) is 0. The van der Waals surface area contributed by atoms with Crippen molar-refractivity contribution in [2.45, 2.75) is 12.3 Å². The molecule has 1 N–H and O–H groups in total. The summed E-state index contributed by atoms with van der Waals surface area (Å²) in [5.74, 6) is 1.45. The average molecular weight is 358 g/mol. The molecule has 1 fully saturated rings. The standard InChI is InChI=1S/C21H18N4O2/c26-21(16-6-7-18-15(11-16)8-9-22-18)25-12-17(13-25)20-23-19(24-27-20)10-14-4-2-1-3-5-14/h1-9,11,17,22H,10,12-13H2. The van der Waals surface area contributed by atoms with Crippen LogP contribution in [0.1, 0.15) is 33.6 Å². The molecular weight excluding hydrogens is 340 g/mol. The van der Waals surface area contributed by atoms with E-state index in [4.69, 9.17) is 4.52 Å². The number of H-pyrrole nitrogens is 1. The first-order valence-corrected chi connectivity index (χ1v) is 8.99. The Morgan fingerprint density at radius 3 is 2.85 bits per heavy atom. The van der Waals surface area contributed by atoms with Gasteiger partial charge in [-0.25, -0.2) is 0 Å². The number of rotatable bonds is 4. The quantitative estimate of drug-likeness (QED) is 0.607. The lowest BCUT2D eigenvalue weighted by Gasteiger charge is -2.37. The van der Waals surface area contributed by atoms with Gasteiger partial charge in [-0.05, 0) is 29.8 Å². The highest BCUT2D eigenvalue weighted by molar-refractivity contribution is 5.98. The molecule has 2 aromatic carbocycles. The van der Waals surface area contributed by atoms with Gasteiger partial charge in [0.05, 0.1) is 5.92 Å². The molecule has 27 heavy (non-hydrogen) atoms. The van der Waals surface area contributed by atoms with Gasteiger partial charge in [0.1, 0.15) is 0 Å². The lowest BCUT2D eigenvalue weighted by Crippen LogP contribution is -2.48. The van der Waals surface area contributed by atoms with E-state index in [0.717, 1.165) is 16.5 Å². The van der Waals surface area contributed by atoms with Crippen LogP contribution in [-0.4, -0.2) is 39.0 Å². The van der Waals surface area contributed by atoms with Gasteiger partial charge in [0.2, 0.25) is 5.89 Å². The van der Waals surface area contributed by atoms with Crippen LogP contribution in [-0.2, 0) is 6.42 Å². The number of aromatic amines is 1. The van der Waals surface area contributed by atoms with Crippen LogP contribution in [0.2, 0.25) is 0 Å². The minimum atomic E-state index is 0.0402. The van der Waals surface area contributed by atoms with E-state index < -0.39 is 0 Å². The minimum Gasteiger partial charge on any atom is -0.361 e. The van der Waals surface area contributed by atoms with E-state index in [1.165, 1.54) is 0 Å². The number of carbonyl (C=O) groups excluding carboxylic acids is 1. The SMILES string of the molecule is O=C(c1ccc2[nH]ccc2c1)N1CC(c2nc(Cc3ccccc3)no2)C1. The predicted molar refractivity (Wildman–Crippen MR) is 100 cm³/mol. The number of hydrogen-bond acceptors (Lipinski definition) is 4. The molecular formula is C21H18N4O2. The Labute approximate surface area is 155 Å². The smallest absolute Gasteiger partial charge is 0.253 e. The zero-order valence-electron chi connectivity index (χ0n) is 14.6. The first kappa shape index (κ1) is 15.8. The molecule has 134 valence electrons. The molecule has 6 heteroatoms. The molecule has 3 heterocycles. The Kier molecular flexibility index (Phi) is 3.74. The van der Waals surface area contributed by atoms with Crippen LogP contribution in [0.25, 0.3) is 10.9 Å². The van der Waals surface area contributed by atoms with Gasteiger partial charge < -0.3 is 14.4 Å². The molecule has 2 aromatic heterocycles. The number of fused-ring (bicyclic) bond motifs is 1. The van der Waals surface area contributed by atoms with Crippen molar-refractivity contribution in [2.75, 3.05) is 13.1 Å². The Morgan fingerprint density at radius 2 is 2.00 bits per heavy atom. The summed E-state index contributed by atoms with van der Waals surface area (Å²) >= 11 is 0. The fourth-order valence-corrected chi connectivity index (χ4v) is 3.45. The number of aromatic nitrogens is 3. The van der Waals surface area contributed by atoms with Crippen molar-refractivity contribution in [3.05, 3.63) is 83.6 Å². The Bertz CT molecular complexity index is 1090. The number of likely N-dealkylation sites (tertiary alicyclic amines) is 1. The molecule has 1 saturated heterocycles. The maximum atomic E-state index is 12.7. The lowest BCUT2D eigenvalue weighted by molar-refractivity contribution is 0.0569. The topological polar surface area (TPSA) is 75.0 Å². The summed E-state index contributed by atoms with van der Waals surface area (Å²) in [6.07, 6.45) is 2.53. The molecule has 1 amide bonds. The van der Waals surface area contributed by atoms with Crippen molar-refractivity contribution >= 4 is 16.8 Å². The molecule has 0 aliphatic carbocycles. The van der Waals surface area contributed by atoms with Crippen molar-refractivity contribution in [3.63, 3.8) is 0 Å². The Morgan fingerprint density at radius 1 is 1.15 bits per heavy atom. The van der Waals surface area contributed by atoms with Gasteiger partial charge in [-0.1, -0.05) is 35.5 Å². The zero-order chi connectivity index (χ0) is 18.2. The Balaban J connectivity index is 1.23. The summed E-state index contributed by atoms with van der Waals surface area (Å²) in [6.45, 7) is 1.22. The summed E-state index contributed by atoms with van der Waals surface area (Å²) in [5.41, 5.74) is 2.89. The third-order valence-electron chi connectivity index (χ3n) is 5.01. The van der Waals surface area contributed by atoms with E-state index in [1.807, 2.05) is 65.7 Å². The second kappa shape index (κ2) is 6.39. The number of nitrogens with one attached hydrogen (secondary N) is 1. The van der Waals surface area contributed by atoms with Crippen LogP contribution in [0.3, 0.4) is 0 Å². The van der Waals surface area contributed by atoms with Gasteiger partial charge in [0, 0.05) is 42.2 Å². The number of benzene rings is 2. The van der Waals surface area contributed by atoms with Gasteiger partial charge in [-0.3, -0.25) is 4.79 Å². The number of carbonyl (C=O) groups is 1. The maximum absolute atomic E-state index is 12.7. The van der Waals surface area contributed by atoms with Crippen LogP contribution in [0.4, 0.5) is 0 Å². The van der Waals surface area contributed by atoms with E-state index in [-0.39, 0.29) is 11.8 Å². The minimum absolute atomic E-state index is 0.0402. The van der Waals surface area contributed by atoms with Gasteiger partial charge in [-0.2, -0.15) is 4.98 Å². The van der Waals surface area contributed by atoms with Crippen molar-refractivity contribution < 1.29 is 9.32 Å². The highest BCUT2D eigenvalue weighted by atomic mass is 16.5. The third-order valence-corrected chi connectivity index (χ3v) is 5.01. The third kappa shape index (κ3) is 2.99. The monoisotopic (exact) mass is 358 g/mol. The van der Waals surface area contributed by atoms with Crippen LogP contribution < -0.4 is 0 Å². The van der Waals surface area contributed by atoms with E-state index in [1.54, 1.807) is 0 Å². The molecule has 0 radical (unpaired) electrons. The van der Waals surface area contributed by atoms with Crippen molar-refractivity contribution in [1.29, 1.82) is 0 Å². The second-order valence-electron chi connectivity index (χ2n) is 6.90.